The van der Waals surface area contributed by atoms with Crippen LogP contribution in [0.4, 0.5) is 0 Å². The second kappa shape index (κ2) is 4.73. The third-order valence-corrected chi connectivity index (χ3v) is 3.65. The molecule has 1 atom stereocenters. The zero-order chi connectivity index (χ0) is 10.7. The van der Waals surface area contributed by atoms with E-state index in [0.29, 0.717) is 0 Å². The molecule has 1 aliphatic rings. The number of hydrogen-bond acceptors (Lipinski definition) is 4. The van der Waals surface area contributed by atoms with Gasteiger partial charge in [-0.05, 0) is 25.3 Å². The molecule has 0 amide bonds. The fourth-order valence-corrected chi connectivity index (χ4v) is 2.81. The van der Waals surface area contributed by atoms with Crippen molar-refractivity contribution in [1.82, 2.24) is 9.88 Å². The fourth-order valence-electron chi connectivity index (χ4n) is 2.06. The van der Waals surface area contributed by atoms with Crippen molar-refractivity contribution in [3.05, 3.63) is 16.1 Å². The summed E-state index contributed by atoms with van der Waals surface area (Å²) in [4.78, 5) is 7.42. The van der Waals surface area contributed by atoms with Crippen LogP contribution in [-0.4, -0.2) is 23.0 Å². The van der Waals surface area contributed by atoms with Crippen molar-refractivity contribution in [3.8, 4) is 6.07 Å². The number of piperidine rings is 1. The first-order chi connectivity index (χ1) is 7.28. The summed E-state index contributed by atoms with van der Waals surface area (Å²) in [5.74, 6) is 0.800. The lowest BCUT2D eigenvalue weighted by molar-refractivity contribution is 0.176. The molecule has 1 unspecified atom stereocenters. The molecule has 0 aliphatic carbocycles. The third kappa shape index (κ3) is 2.77. The maximum Gasteiger partial charge on any atom is 0.124 e. The molecular formula is C11H15N3S. The van der Waals surface area contributed by atoms with Crippen LogP contribution < -0.4 is 0 Å². The van der Waals surface area contributed by atoms with E-state index in [9.17, 15) is 0 Å². The van der Waals surface area contributed by atoms with Crippen LogP contribution in [0.15, 0.2) is 6.20 Å². The summed E-state index contributed by atoms with van der Waals surface area (Å²) in [6.07, 6.45) is 4.31. The zero-order valence-electron chi connectivity index (χ0n) is 8.94. The standard InChI is InChI=1S/C11H15N3S/c1-9-3-2-4-14(7-9)8-11-13-6-10(5-12)15-11/h6,9H,2-4,7-8H2,1H3. The average Bonchev–Trinajstić information content (AvgIpc) is 2.65. The first kappa shape index (κ1) is 10.6. The quantitative estimate of drug-likeness (QED) is 0.769. The minimum atomic E-state index is 0.718. The summed E-state index contributed by atoms with van der Waals surface area (Å²) in [6.45, 7) is 5.55. The summed E-state index contributed by atoms with van der Waals surface area (Å²) in [7, 11) is 0. The van der Waals surface area contributed by atoms with Crippen LogP contribution in [-0.2, 0) is 6.54 Å². The SMILES string of the molecule is CC1CCCN(Cc2ncc(C#N)s2)C1. The van der Waals surface area contributed by atoms with Crippen LogP contribution in [0.1, 0.15) is 29.7 Å². The van der Waals surface area contributed by atoms with Crippen LogP contribution >= 0.6 is 11.3 Å². The van der Waals surface area contributed by atoms with Gasteiger partial charge in [0.25, 0.3) is 0 Å². The van der Waals surface area contributed by atoms with Gasteiger partial charge in [-0.2, -0.15) is 5.26 Å². The predicted octanol–water partition coefficient (Wildman–Crippen LogP) is 2.25. The van der Waals surface area contributed by atoms with Crippen LogP contribution in [0.5, 0.6) is 0 Å². The third-order valence-electron chi connectivity index (χ3n) is 2.76. The largest absolute Gasteiger partial charge is 0.296 e. The van der Waals surface area contributed by atoms with Crippen molar-refractivity contribution >= 4 is 11.3 Å². The smallest absolute Gasteiger partial charge is 0.124 e. The average molecular weight is 221 g/mol. The van der Waals surface area contributed by atoms with E-state index >= 15 is 0 Å². The second-order valence-corrected chi connectivity index (χ2v) is 5.33. The van der Waals surface area contributed by atoms with Crippen LogP contribution in [0.3, 0.4) is 0 Å². The molecule has 4 heteroatoms. The van der Waals surface area contributed by atoms with E-state index in [1.54, 1.807) is 6.20 Å². The Bertz CT molecular complexity index is 366. The minimum absolute atomic E-state index is 0.718. The molecule has 1 saturated heterocycles. The van der Waals surface area contributed by atoms with Gasteiger partial charge in [-0.3, -0.25) is 4.90 Å². The molecule has 0 radical (unpaired) electrons. The molecule has 0 aromatic carbocycles. The number of nitriles is 1. The van der Waals surface area contributed by atoms with E-state index in [0.717, 1.165) is 22.3 Å². The molecule has 2 rings (SSSR count). The zero-order valence-corrected chi connectivity index (χ0v) is 9.76. The molecule has 0 N–H and O–H groups in total. The number of nitrogens with zero attached hydrogens (tertiary/aromatic N) is 3. The van der Waals surface area contributed by atoms with E-state index in [4.69, 9.17) is 5.26 Å². The second-order valence-electron chi connectivity index (χ2n) is 4.21. The molecule has 0 bridgehead atoms. The highest BCUT2D eigenvalue weighted by atomic mass is 32.1. The Morgan fingerprint density at radius 3 is 3.27 bits per heavy atom. The maximum absolute atomic E-state index is 8.71. The van der Waals surface area contributed by atoms with Crippen LogP contribution in [0.2, 0.25) is 0 Å². The van der Waals surface area contributed by atoms with Gasteiger partial charge in [0.05, 0.1) is 12.7 Å². The Morgan fingerprint density at radius 2 is 2.60 bits per heavy atom. The van der Waals surface area contributed by atoms with E-state index in [1.165, 1.54) is 37.3 Å². The Kier molecular flexibility index (Phi) is 3.34. The Balaban J connectivity index is 1.93. The lowest BCUT2D eigenvalue weighted by atomic mass is 10.0. The van der Waals surface area contributed by atoms with Crippen LogP contribution in [0.25, 0.3) is 0 Å². The summed E-state index contributed by atoms with van der Waals surface area (Å²) < 4.78 is 0. The van der Waals surface area contributed by atoms with Gasteiger partial charge < -0.3 is 0 Å². The van der Waals surface area contributed by atoms with E-state index in [-0.39, 0.29) is 0 Å². The summed E-state index contributed by atoms with van der Waals surface area (Å²) in [5.41, 5.74) is 0. The van der Waals surface area contributed by atoms with Gasteiger partial charge in [-0.15, -0.1) is 11.3 Å². The lowest BCUT2D eigenvalue weighted by Crippen LogP contribution is -2.33. The molecule has 2 heterocycles. The highest BCUT2D eigenvalue weighted by molar-refractivity contribution is 7.12. The van der Waals surface area contributed by atoms with E-state index in [2.05, 4.69) is 22.9 Å². The van der Waals surface area contributed by atoms with Crippen molar-refractivity contribution < 1.29 is 0 Å². The fraction of sp³-hybridized carbons (Fsp3) is 0.636. The van der Waals surface area contributed by atoms with Crippen molar-refractivity contribution in [2.45, 2.75) is 26.3 Å². The lowest BCUT2D eigenvalue weighted by Gasteiger charge is -2.29. The molecule has 3 nitrogen and oxygen atoms in total. The van der Waals surface area contributed by atoms with Gasteiger partial charge in [-0.1, -0.05) is 6.92 Å². The van der Waals surface area contributed by atoms with Gasteiger partial charge in [0.15, 0.2) is 0 Å². The first-order valence-corrected chi connectivity index (χ1v) is 6.16. The molecule has 1 aliphatic heterocycles. The van der Waals surface area contributed by atoms with E-state index in [1.807, 2.05) is 0 Å². The molecule has 0 spiro atoms. The monoisotopic (exact) mass is 221 g/mol. The van der Waals surface area contributed by atoms with Gasteiger partial charge >= 0.3 is 0 Å². The molecule has 1 aromatic heterocycles. The Morgan fingerprint density at radius 1 is 1.73 bits per heavy atom. The first-order valence-electron chi connectivity index (χ1n) is 5.35. The highest BCUT2D eigenvalue weighted by Gasteiger charge is 2.17. The van der Waals surface area contributed by atoms with Gasteiger partial charge in [0.2, 0.25) is 0 Å². The number of thiazole rings is 1. The minimum Gasteiger partial charge on any atom is -0.296 e. The molecule has 1 fully saturated rings. The van der Waals surface area contributed by atoms with Gasteiger partial charge in [-0.25, -0.2) is 4.98 Å². The highest BCUT2D eigenvalue weighted by Crippen LogP contribution is 2.19. The van der Waals surface area contributed by atoms with Crippen molar-refractivity contribution in [2.24, 2.45) is 5.92 Å². The van der Waals surface area contributed by atoms with Crippen molar-refractivity contribution in [2.75, 3.05) is 13.1 Å². The van der Waals surface area contributed by atoms with Gasteiger partial charge in [0, 0.05) is 6.54 Å². The molecule has 80 valence electrons. The number of aromatic nitrogens is 1. The number of hydrogen-bond donors (Lipinski definition) is 0. The molecule has 0 saturated carbocycles. The summed E-state index contributed by atoms with van der Waals surface area (Å²) in [6, 6.07) is 2.13. The number of likely N-dealkylation sites (tertiary alicyclic amines) is 1. The summed E-state index contributed by atoms with van der Waals surface area (Å²) >= 11 is 1.51. The van der Waals surface area contributed by atoms with E-state index < -0.39 is 0 Å². The van der Waals surface area contributed by atoms with Crippen LogP contribution in [0, 0.1) is 17.2 Å². The molecule has 1 aromatic rings. The predicted molar refractivity (Wildman–Crippen MR) is 60.5 cm³/mol. The number of rotatable bonds is 2. The van der Waals surface area contributed by atoms with Crippen molar-refractivity contribution in [1.29, 1.82) is 5.26 Å². The maximum atomic E-state index is 8.71. The van der Waals surface area contributed by atoms with Crippen molar-refractivity contribution in [3.63, 3.8) is 0 Å². The topological polar surface area (TPSA) is 39.9 Å². The molecular weight excluding hydrogens is 206 g/mol. The van der Waals surface area contributed by atoms with Gasteiger partial charge in [0.1, 0.15) is 16.0 Å². The normalized spacial score (nSPS) is 22.5. The summed E-state index contributed by atoms with van der Waals surface area (Å²) in [5, 5.41) is 9.78. The Labute approximate surface area is 94.4 Å². The molecule has 15 heavy (non-hydrogen) atoms. The Hall–Kier alpha value is -0.920.